The molecule has 0 saturated carbocycles. The van der Waals surface area contributed by atoms with Gasteiger partial charge >= 0.3 is 0 Å². The molecule has 0 radical (unpaired) electrons. The molecule has 0 saturated heterocycles. The third kappa shape index (κ3) is 5.18. The normalized spacial score (nSPS) is 11.9. The van der Waals surface area contributed by atoms with Gasteiger partial charge in [-0.1, -0.05) is 74.1 Å². The molecular weight excluding hydrogens is 282 g/mol. The standard InChI is InChI=1S/C20H25NSi/c1-21(15-8-5-9-16-22(2,3)4)17-19-13-10-12-18-11-6-7-14-20(18)19/h5-8,10-14H,15,17H2,1-4H3. The fourth-order valence-corrected chi connectivity index (χ4v) is 2.85. The lowest BCUT2D eigenvalue weighted by Gasteiger charge is -2.15. The molecule has 0 aliphatic heterocycles. The maximum Gasteiger partial charge on any atom is 0.129 e. The van der Waals surface area contributed by atoms with E-state index in [2.05, 4.69) is 91.6 Å². The average molecular weight is 308 g/mol. The van der Waals surface area contributed by atoms with Gasteiger partial charge in [-0.15, -0.1) is 5.54 Å². The zero-order valence-corrected chi connectivity index (χ0v) is 15.1. The summed E-state index contributed by atoms with van der Waals surface area (Å²) in [7, 11) is 0.899. The van der Waals surface area contributed by atoms with Crippen LogP contribution < -0.4 is 0 Å². The first kappa shape index (κ1) is 16.5. The van der Waals surface area contributed by atoms with Crippen LogP contribution in [0.5, 0.6) is 0 Å². The number of nitrogens with zero attached hydrogens (tertiary/aromatic N) is 1. The van der Waals surface area contributed by atoms with E-state index >= 15 is 0 Å². The Morgan fingerprint density at radius 2 is 1.77 bits per heavy atom. The third-order valence-electron chi connectivity index (χ3n) is 3.39. The molecular formula is C20H25NSi. The lowest BCUT2D eigenvalue weighted by Crippen LogP contribution is -2.17. The number of hydrogen-bond donors (Lipinski definition) is 0. The van der Waals surface area contributed by atoms with Crippen molar-refractivity contribution in [2.24, 2.45) is 0 Å². The van der Waals surface area contributed by atoms with Crippen LogP contribution in [-0.4, -0.2) is 26.6 Å². The molecule has 2 heteroatoms. The van der Waals surface area contributed by atoms with Crippen molar-refractivity contribution in [2.75, 3.05) is 13.6 Å². The van der Waals surface area contributed by atoms with Crippen molar-refractivity contribution >= 4 is 18.8 Å². The molecule has 0 heterocycles. The summed E-state index contributed by atoms with van der Waals surface area (Å²) in [6.07, 6.45) is 4.15. The molecule has 2 aromatic carbocycles. The van der Waals surface area contributed by atoms with Crippen molar-refractivity contribution in [3.63, 3.8) is 0 Å². The summed E-state index contributed by atoms with van der Waals surface area (Å²) in [5, 5.41) is 2.66. The summed E-state index contributed by atoms with van der Waals surface area (Å²) in [5.74, 6) is 3.18. The van der Waals surface area contributed by atoms with Crippen LogP contribution in [0.25, 0.3) is 10.8 Å². The Bertz CT molecular complexity index is 708. The number of likely N-dealkylation sites (N-methyl/N-ethyl adjacent to an activating group) is 1. The van der Waals surface area contributed by atoms with Gasteiger partial charge in [-0.2, -0.15) is 0 Å². The second-order valence-electron chi connectivity index (χ2n) is 6.76. The van der Waals surface area contributed by atoms with Crippen molar-refractivity contribution in [1.29, 1.82) is 0 Å². The molecule has 0 aromatic heterocycles. The summed E-state index contributed by atoms with van der Waals surface area (Å²) >= 11 is 0. The van der Waals surface area contributed by atoms with Crippen molar-refractivity contribution in [1.82, 2.24) is 4.90 Å². The predicted molar refractivity (Wildman–Crippen MR) is 101 cm³/mol. The van der Waals surface area contributed by atoms with E-state index in [-0.39, 0.29) is 0 Å². The summed E-state index contributed by atoms with van der Waals surface area (Å²) < 4.78 is 0. The van der Waals surface area contributed by atoms with Crippen LogP contribution in [0.15, 0.2) is 54.6 Å². The van der Waals surface area contributed by atoms with Gasteiger partial charge in [-0.3, -0.25) is 4.90 Å². The predicted octanol–water partition coefficient (Wildman–Crippen LogP) is 4.71. The van der Waals surface area contributed by atoms with Gasteiger partial charge in [0, 0.05) is 13.1 Å². The van der Waals surface area contributed by atoms with Crippen molar-refractivity contribution in [3.05, 3.63) is 60.2 Å². The second kappa shape index (κ2) is 7.44. The van der Waals surface area contributed by atoms with Crippen LogP contribution in [0.3, 0.4) is 0 Å². The first-order valence-electron chi connectivity index (χ1n) is 7.78. The monoisotopic (exact) mass is 307 g/mol. The molecule has 0 atom stereocenters. The molecule has 0 bridgehead atoms. The lowest BCUT2D eigenvalue weighted by molar-refractivity contribution is 0.365. The molecule has 0 N–H and O–H groups in total. The summed E-state index contributed by atoms with van der Waals surface area (Å²) in [6, 6.07) is 15.1. The van der Waals surface area contributed by atoms with E-state index in [1.165, 1.54) is 16.3 Å². The topological polar surface area (TPSA) is 3.24 Å². The van der Waals surface area contributed by atoms with E-state index in [0.717, 1.165) is 13.1 Å². The molecule has 0 aliphatic carbocycles. The number of rotatable bonds is 4. The summed E-state index contributed by atoms with van der Waals surface area (Å²) in [5.41, 5.74) is 4.73. The third-order valence-corrected chi connectivity index (χ3v) is 4.28. The van der Waals surface area contributed by atoms with Crippen LogP contribution in [0, 0.1) is 11.5 Å². The Kier molecular flexibility index (Phi) is 5.60. The van der Waals surface area contributed by atoms with Crippen LogP contribution in [0.1, 0.15) is 5.56 Å². The fraction of sp³-hybridized carbons (Fsp3) is 0.300. The Morgan fingerprint density at radius 1 is 1.05 bits per heavy atom. The number of fused-ring (bicyclic) bond motifs is 1. The van der Waals surface area contributed by atoms with E-state index < -0.39 is 8.07 Å². The van der Waals surface area contributed by atoms with Crippen LogP contribution in [0.4, 0.5) is 0 Å². The number of benzene rings is 2. The minimum absolute atomic E-state index is 0.920. The van der Waals surface area contributed by atoms with Gasteiger partial charge in [0.05, 0.1) is 0 Å². The highest BCUT2D eigenvalue weighted by Crippen LogP contribution is 2.19. The van der Waals surface area contributed by atoms with Gasteiger partial charge in [0.1, 0.15) is 8.07 Å². The van der Waals surface area contributed by atoms with Gasteiger partial charge in [0.25, 0.3) is 0 Å². The highest BCUT2D eigenvalue weighted by molar-refractivity contribution is 6.83. The van der Waals surface area contributed by atoms with Crippen LogP contribution in [-0.2, 0) is 6.54 Å². The maximum atomic E-state index is 3.35. The highest BCUT2D eigenvalue weighted by atomic mass is 28.3. The zero-order chi connectivity index (χ0) is 16.0. The maximum absolute atomic E-state index is 3.35. The molecule has 0 amide bonds. The van der Waals surface area contributed by atoms with Crippen molar-refractivity contribution in [3.8, 4) is 11.5 Å². The van der Waals surface area contributed by atoms with E-state index in [4.69, 9.17) is 0 Å². The molecule has 0 spiro atoms. The number of hydrogen-bond acceptors (Lipinski definition) is 1. The van der Waals surface area contributed by atoms with Gasteiger partial charge in [-0.25, -0.2) is 0 Å². The molecule has 2 rings (SSSR count). The Labute approximate surface area is 135 Å². The first-order valence-corrected chi connectivity index (χ1v) is 11.3. The lowest BCUT2D eigenvalue weighted by atomic mass is 10.0. The molecule has 114 valence electrons. The molecule has 1 nitrogen and oxygen atoms in total. The SMILES string of the molecule is CN(CC=CC#C[Si](C)(C)C)Cc1cccc2ccccc12. The zero-order valence-electron chi connectivity index (χ0n) is 14.1. The minimum Gasteiger partial charge on any atom is -0.298 e. The Morgan fingerprint density at radius 3 is 2.55 bits per heavy atom. The molecule has 0 aliphatic rings. The van der Waals surface area contributed by atoms with E-state index in [1.54, 1.807) is 0 Å². The smallest absolute Gasteiger partial charge is 0.129 e. The second-order valence-corrected chi connectivity index (χ2v) is 11.5. The first-order chi connectivity index (χ1) is 10.5. The fourth-order valence-electron chi connectivity index (χ4n) is 2.34. The van der Waals surface area contributed by atoms with Gasteiger partial charge in [0.2, 0.25) is 0 Å². The van der Waals surface area contributed by atoms with E-state index in [9.17, 15) is 0 Å². The van der Waals surface area contributed by atoms with E-state index in [0.29, 0.717) is 0 Å². The van der Waals surface area contributed by atoms with Crippen molar-refractivity contribution < 1.29 is 0 Å². The van der Waals surface area contributed by atoms with Crippen LogP contribution >= 0.6 is 0 Å². The summed E-state index contributed by atoms with van der Waals surface area (Å²) in [4.78, 5) is 2.31. The molecule has 22 heavy (non-hydrogen) atoms. The van der Waals surface area contributed by atoms with Gasteiger partial charge in [-0.05, 0) is 29.5 Å². The Hall–Kier alpha value is -1.82. The Balaban J connectivity index is 1.98. The van der Waals surface area contributed by atoms with Crippen LogP contribution in [0.2, 0.25) is 19.6 Å². The van der Waals surface area contributed by atoms with Gasteiger partial charge in [0.15, 0.2) is 0 Å². The molecule has 2 aromatic rings. The molecule has 0 unspecified atom stereocenters. The quantitative estimate of drug-likeness (QED) is 0.584. The van der Waals surface area contributed by atoms with E-state index in [1.807, 2.05) is 6.08 Å². The highest BCUT2D eigenvalue weighted by Gasteiger charge is 2.06. The summed E-state index contributed by atoms with van der Waals surface area (Å²) in [6.45, 7) is 8.66. The molecule has 0 fully saturated rings. The average Bonchev–Trinajstić information content (AvgIpc) is 2.46. The van der Waals surface area contributed by atoms with Gasteiger partial charge < -0.3 is 0 Å². The minimum atomic E-state index is -1.25. The van der Waals surface area contributed by atoms with Crippen molar-refractivity contribution in [2.45, 2.75) is 26.2 Å². The largest absolute Gasteiger partial charge is 0.298 e. The number of allylic oxidation sites excluding steroid dienone is 1.